The Morgan fingerprint density at radius 1 is 0.885 bits per heavy atom. The second-order valence-electron chi connectivity index (χ2n) is 6.54. The van der Waals surface area contributed by atoms with Crippen LogP contribution in [0.5, 0.6) is 0 Å². The van der Waals surface area contributed by atoms with E-state index >= 15 is 0 Å². The molecule has 1 heterocycles. The van der Waals surface area contributed by atoms with Gasteiger partial charge in [0.05, 0.1) is 0 Å². The molecule has 1 atom stereocenters. The molecule has 2 aromatic carbocycles. The number of halogens is 2. The minimum atomic E-state index is -0.983. The number of benzene rings is 2. The summed E-state index contributed by atoms with van der Waals surface area (Å²) < 4.78 is 0. The van der Waals surface area contributed by atoms with Crippen molar-refractivity contribution in [2.75, 3.05) is 31.1 Å². The third kappa shape index (κ3) is 4.91. The minimum Gasteiger partial charge on any atom is -0.370 e. The molecular weight excluding hydrogens is 369 g/mol. The first-order valence-electron chi connectivity index (χ1n) is 8.53. The zero-order valence-electron chi connectivity index (χ0n) is 15.0. The quantitative estimate of drug-likeness (QED) is 0.865. The van der Waals surface area contributed by atoms with Crippen LogP contribution in [-0.2, 0) is 10.3 Å². The fraction of sp³-hybridized carbons (Fsp3) is 0.350. The van der Waals surface area contributed by atoms with Gasteiger partial charge in [-0.2, -0.15) is 0 Å². The van der Waals surface area contributed by atoms with E-state index in [0.717, 1.165) is 31.6 Å². The standard InChI is InChI=1S/C20H25N3O.2ClH/c1-20(21,17-9-4-2-5-10-17)19(24)23-14-8-13-22(15-16-23)18-11-6-3-7-12-18;;/h2-7,9-12H,8,13-16,21H2,1H3;2*1H. The summed E-state index contributed by atoms with van der Waals surface area (Å²) in [5.74, 6) is 0.00334. The van der Waals surface area contributed by atoms with E-state index in [1.807, 2.05) is 48.2 Å². The molecule has 0 spiro atoms. The van der Waals surface area contributed by atoms with Crippen molar-refractivity contribution >= 4 is 36.4 Å². The molecule has 0 bridgehead atoms. The Hall–Kier alpha value is -1.75. The molecule has 1 amide bonds. The molecule has 26 heavy (non-hydrogen) atoms. The fourth-order valence-electron chi connectivity index (χ4n) is 3.25. The van der Waals surface area contributed by atoms with E-state index < -0.39 is 5.54 Å². The first-order valence-corrected chi connectivity index (χ1v) is 8.53. The maximum absolute atomic E-state index is 13.0. The van der Waals surface area contributed by atoms with Gasteiger partial charge in [-0.25, -0.2) is 0 Å². The van der Waals surface area contributed by atoms with Crippen LogP contribution in [0.2, 0.25) is 0 Å². The van der Waals surface area contributed by atoms with Crippen LogP contribution < -0.4 is 10.6 Å². The Kier molecular flexibility index (Phi) is 8.41. The summed E-state index contributed by atoms with van der Waals surface area (Å²) in [7, 11) is 0. The number of amides is 1. The van der Waals surface area contributed by atoms with Crippen LogP contribution >= 0.6 is 24.8 Å². The number of anilines is 1. The normalized spacial score (nSPS) is 16.5. The van der Waals surface area contributed by atoms with Crippen molar-refractivity contribution in [3.63, 3.8) is 0 Å². The summed E-state index contributed by atoms with van der Waals surface area (Å²) in [5.41, 5.74) is 7.50. The van der Waals surface area contributed by atoms with Crippen molar-refractivity contribution in [3.8, 4) is 0 Å². The van der Waals surface area contributed by atoms with Gasteiger partial charge in [0.15, 0.2) is 0 Å². The molecule has 4 nitrogen and oxygen atoms in total. The average Bonchev–Trinajstić information content (AvgIpc) is 2.88. The molecule has 3 rings (SSSR count). The SMILES string of the molecule is CC(N)(C(=O)N1CCCN(c2ccccc2)CC1)c1ccccc1.Cl.Cl. The highest BCUT2D eigenvalue weighted by atomic mass is 35.5. The van der Waals surface area contributed by atoms with E-state index in [9.17, 15) is 4.79 Å². The number of carbonyl (C=O) groups excluding carboxylic acids is 1. The maximum Gasteiger partial charge on any atom is 0.247 e. The van der Waals surface area contributed by atoms with Crippen LogP contribution in [0.1, 0.15) is 18.9 Å². The van der Waals surface area contributed by atoms with Gasteiger partial charge in [-0.05, 0) is 31.0 Å². The monoisotopic (exact) mass is 395 g/mol. The summed E-state index contributed by atoms with van der Waals surface area (Å²) in [6, 6.07) is 20.0. The molecule has 1 aliphatic rings. The minimum absolute atomic E-state index is 0. The van der Waals surface area contributed by atoms with Gasteiger partial charge in [0, 0.05) is 31.9 Å². The van der Waals surface area contributed by atoms with Crippen LogP contribution in [0, 0.1) is 0 Å². The molecule has 2 aromatic rings. The Bertz CT molecular complexity index is 680. The third-order valence-corrected chi connectivity index (χ3v) is 4.72. The predicted octanol–water partition coefficient (Wildman–Crippen LogP) is 3.44. The third-order valence-electron chi connectivity index (χ3n) is 4.72. The zero-order chi connectivity index (χ0) is 17.0. The molecule has 6 heteroatoms. The van der Waals surface area contributed by atoms with E-state index in [-0.39, 0.29) is 30.7 Å². The number of carbonyl (C=O) groups is 1. The molecule has 0 aliphatic carbocycles. The smallest absolute Gasteiger partial charge is 0.247 e. The van der Waals surface area contributed by atoms with Crippen LogP contribution in [-0.4, -0.2) is 37.0 Å². The average molecular weight is 396 g/mol. The van der Waals surface area contributed by atoms with Gasteiger partial charge in [0.1, 0.15) is 5.54 Å². The lowest BCUT2D eigenvalue weighted by Crippen LogP contribution is -2.51. The fourth-order valence-corrected chi connectivity index (χ4v) is 3.25. The van der Waals surface area contributed by atoms with Gasteiger partial charge in [0.25, 0.3) is 0 Å². The maximum atomic E-state index is 13.0. The lowest BCUT2D eigenvalue weighted by atomic mass is 9.91. The van der Waals surface area contributed by atoms with Crippen LogP contribution in [0.3, 0.4) is 0 Å². The highest BCUT2D eigenvalue weighted by Crippen LogP contribution is 2.22. The number of para-hydroxylation sites is 1. The molecule has 1 saturated heterocycles. The Labute approximate surface area is 168 Å². The van der Waals surface area contributed by atoms with Gasteiger partial charge >= 0.3 is 0 Å². The largest absolute Gasteiger partial charge is 0.370 e. The van der Waals surface area contributed by atoms with E-state index in [1.165, 1.54) is 5.69 Å². The Balaban J connectivity index is 0.00000169. The van der Waals surface area contributed by atoms with Gasteiger partial charge in [-0.15, -0.1) is 24.8 Å². The van der Waals surface area contributed by atoms with Gasteiger partial charge in [-0.1, -0.05) is 48.5 Å². The van der Waals surface area contributed by atoms with Crippen molar-refractivity contribution in [1.29, 1.82) is 0 Å². The van der Waals surface area contributed by atoms with Crippen molar-refractivity contribution in [2.24, 2.45) is 5.73 Å². The second kappa shape index (κ2) is 9.81. The number of hydrogen-bond donors (Lipinski definition) is 1. The molecule has 142 valence electrons. The van der Waals surface area contributed by atoms with Crippen LogP contribution in [0.15, 0.2) is 60.7 Å². The molecular formula is C20H27Cl2N3O. The van der Waals surface area contributed by atoms with E-state index in [4.69, 9.17) is 5.73 Å². The molecule has 0 saturated carbocycles. The van der Waals surface area contributed by atoms with E-state index in [2.05, 4.69) is 29.2 Å². The van der Waals surface area contributed by atoms with E-state index in [0.29, 0.717) is 6.54 Å². The molecule has 1 unspecified atom stereocenters. The highest BCUT2D eigenvalue weighted by Gasteiger charge is 2.35. The lowest BCUT2D eigenvalue weighted by Gasteiger charge is -2.31. The van der Waals surface area contributed by atoms with E-state index in [1.54, 1.807) is 0 Å². The highest BCUT2D eigenvalue weighted by molar-refractivity contribution is 5.87. The first kappa shape index (κ1) is 22.3. The Morgan fingerprint density at radius 2 is 1.46 bits per heavy atom. The lowest BCUT2D eigenvalue weighted by molar-refractivity contribution is -0.136. The van der Waals surface area contributed by atoms with Gasteiger partial charge < -0.3 is 15.5 Å². The van der Waals surface area contributed by atoms with Gasteiger partial charge in [0.2, 0.25) is 5.91 Å². The number of nitrogens with two attached hydrogens (primary N) is 1. The van der Waals surface area contributed by atoms with Crippen LogP contribution in [0.25, 0.3) is 0 Å². The van der Waals surface area contributed by atoms with Crippen molar-refractivity contribution in [3.05, 3.63) is 66.2 Å². The van der Waals surface area contributed by atoms with Gasteiger partial charge in [-0.3, -0.25) is 4.79 Å². The molecule has 0 aromatic heterocycles. The molecule has 1 aliphatic heterocycles. The summed E-state index contributed by atoms with van der Waals surface area (Å²) in [6.07, 6.45) is 0.950. The van der Waals surface area contributed by atoms with Crippen molar-refractivity contribution < 1.29 is 4.79 Å². The molecule has 0 radical (unpaired) electrons. The molecule has 2 N–H and O–H groups in total. The summed E-state index contributed by atoms with van der Waals surface area (Å²) >= 11 is 0. The second-order valence-corrected chi connectivity index (χ2v) is 6.54. The van der Waals surface area contributed by atoms with Crippen LogP contribution in [0.4, 0.5) is 5.69 Å². The number of hydrogen-bond acceptors (Lipinski definition) is 3. The predicted molar refractivity (Wildman–Crippen MR) is 112 cm³/mol. The Morgan fingerprint density at radius 3 is 2.08 bits per heavy atom. The van der Waals surface area contributed by atoms with Crippen molar-refractivity contribution in [1.82, 2.24) is 4.90 Å². The summed E-state index contributed by atoms with van der Waals surface area (Å²) in [6.45, 7) is 5.06. The number of rotatable bonds is 3. The number of nitrogens with zero attached hydrogens (tertiary/aromatic N) is 2. The summed E-state index contributed by atoms with van der Waals surface area (Å²) in [5, 5.41) is 0. The first-order chi connectivity index (χ1) is 11.6. The summed E-state index contributed by atoms with van der Waals surface area (Å²) in [4.78, 5) is 17.2. The molecule has 1 fully saturated rings. The zero-order valence-corrected chi connectivity index (χ0v) is 16.6. The van der Waals surface area contributed by atoms with Crippen molar-refractivity contribution in [2.45, 2.75) is 18.9 Å². The topological polar surface area (TPSA) is 49.6 Å².